The normalized spacial score (nSPS) is 18.4. The summed E-state index contributed by atoms with van der Waals surface area (Å²) < 4.78 is 0. The van der Waals surface area contributed by atoms with Crippen molar-refractivity contribution in [1.82, 2.24) is 0 Å². The van der Waals surface area contributed by atoms with E-state index in [4.69, 9.17) is 11.6 Å². The van der Waals surface area contributed by atoms with E-state index in [0.29, 0.717) is 0 Å². The van der Waals surface area contributed by atoms with Crippen molar-refractivity contribution in [2.24, 2.45) is 0 Å². The summed E-state index contributed by atoms with van der Waals surface area (Å²) in [6.45, 7) is 0. The van der Waals surface area contributed by atoms with E-state index in [1.807, 2.05) is 24.3 Å². The van der Waals surface area contributed by atoms with Crippen molar-refractivity contribution >= 4 is 11.6 Å². The molecular formula is C16H15ClO. The Bertz CT molecular complexity index is 560. The van der Waals surface area contributed by atoms with Gasteiger partial charge in [0.25, 0.3) is 0 Å². The van der Waals surface area contributed by atoms with Gasteiger partial charge in [-0.15, -0.1) is 0 Å². The van der Waals surface area contributed by atoms with E-state index in [1.54, 1.807) is 0 Å². The minimum atomic E-state index is -0.284. The number of aliphatic hydroxyl groups excluding tert-OH is 1. The maximum Gasteiger partial charge on any atom is 0.0792 e. The zero-order valence-corrected chi connectivity index (χ0v) is 10.8. The Morgan fingerprint density at radius 1 is 1.00 bits per heavy atom. The fourth-order valence-corrected chi connectivity index (χ4v) is 2.74. The maximum atomic E-state index is 9.94. The largest absolute Gasteiger partial charge is 0.388 e. The summed E-state index contributed by atoms with van der Waals surface area (Å²) in [5.74, 6) is 0. The molecule has 0 aliphatic heterocycles. The van der Waals surface area contributed by atoms with Crippen molar-refractivity contribution in [3.05, 3.63) is 58.6 Å². The molecule has 0 fully saturated rings. The van der Waals surface area contributed by atoms with Crippen LogP contribution in [0.15, 0.2) is 42.5 Å². The maximum absolute atomic E-state index is 9.94. The molecule has 1 atom stereocenters. The molecule has 1 N–H and O–H groups in total. The summed E-state index contributed by atoms with van der Waals surface area (Å²) in [5, 5.41) is 10.7. The zero-order chi connectivity index (χ0) is 12.5. The number of aryl methyl sites for hydroxylation is 1. The number of halogens is 1. The van der Waals surface area contributed by atoms with Gasteiger partial charge >= 0.3 is 0 Å². The van der Waals surface area contributed by atoms with Gasteiger partial charge in [-0.2, -0.15) is 0 Å². The number of hydrogen-bond donors (Lipinski definition) is 1. The van der Waals surface area contributed by atoms with Crippen molar-refractivity contribution < 1.29 is 5.11 Å². The van der Waals surface area contributed by atoms with Gasteiger partial charge in [0.1, 0.15) is 0 Å². The monoisotopic (exact) mass is 258 g/mol. The fourth-order valence-electron chi connectivity index (χ4n) is 2.61. The molecule has 92 valence electrons. The van der Waals surface area contributed by atoms with Crippen LogP contribution in [0.3, 0.4) is 0 Å². The van der Waals surface area contributed by atoms with Crippen molar-refractivity contribution in [3.8, 4) is 11.1 Å². The van der Waals surface area contributed by atoms with E-state index < -0.39 is 0 Å². The quantitative estimate of drug-likeness (QED) is 0.805. The first kappa shape index (κ1) is 11.8. The summed E-state index contributed by atoms with van der Waals surface area (Å²) in [6.07, 6.45) is 2.73. The third-order valence-electron chi connectivity index (χ3n) is 3.60. The lowest BCUT2D eigenvalue weighted by Gasteiger charge is -2.22. The first-order chi connectivity index (χ1) is 8.74. The average Bonchev–Trinajstić information content (AvgIpc) is 2.39. The van der Waals surface area contributed by atoms with Crippen LogP contribution >= 0.6 is 11.6 Å². The second kappa shape index (κ2) is 4.75. The molecule has 2 heteroatoms. The Morgan fingerprint density at radius 3 is 2.50 bits per heavy atom. The molecule has 0 aromatic heterocycles. The lowest BCUT2D eigenvalue weighted by Crippen LogP contribution is -2.08. The summed E-state index contributed by atoms with van der Waals surface area (Å²) in [7, 11) is 0. The van der Waals surface area contributed by atoms with Crippen molar-refractivity contribution in [2.75, 3.05) is 0 Å². The average molecular weight is 259 g/mol. The summed E-state index contributed by atoms with van der Waals surface area (Å²) in [4.78, 5) is 0. The third kappa shape index (κ3) is 2.16. The molecule has 2 aromatic carbocycles. The van der Waals surface area contributed by atoms with Gasteiger partial charge in [-0.05, 0) is 53.6 Å². The van der Waals surface area contributed by atoms with E-state index in [9.17, 15) is 5.11 Å². The predicted octanol–water partition coefficient (Wildman–Crippen LogP) is 4.38. The minimum Gasteiger partial charge on any atom is -0.388 e. The highest BCUT2D eigenvalue weighted by molar-refractivity contribution is 6.30. The molecular weight excluding hydrogens is 244 g/mol. The fraction of sp³-hybridized carbons (Fsp3) is 0.250. The summed E-state index contributed by atoms with van der Waals surface area (Å²) in [5.41, 5.74) is 4.74. The van der Waals surface area contributed by atoms with Crippen LogP contribution in [0.1, 0.15) is 30.1 Å². The van der Waals surface area contributed by atoms with E-state index in [0.717, 1.165) is 29.8 Å². The molecule has 1 nitrogen and oxygen atoms in total. The molecule has 1 aliphatic rings. The number of fused-ring (bicyclic) bond motifs is 1. The van der Waals surface area contributed by atoms with Crippen LogP contribution in [0.2, 0.25) is 5.02 Å². The Morgan fingerprint density at radius 2 is 1.72 bits per heavy atom. The van der Waals surface area contributed by atoms with E-state index >= 15 is 0 Å². The molecule has 3 rings (SSSR count). The van der Waals surface area contributed by atoms with Crippen LogP contribution < -0.4 is 0 Å². The molecule has 0 bridgehead atoms. The Labute approximate surface area is 112 Å². The number of hydrogen-bond acceptors (Lipinski definition) is 1. The van der Waals surface area contributed by atoms with Gasteiger partial charge in [0.2, 0.25) is 0 Å². The first-order valence-electron chi connectivity index (χ1n) is 6.31. The number of rotatable bonds is 1. The molecule has 0 spiro atoms. The Hall–Kier alpha value is -1.31. The van der Waals surface area contributed by atoms with E-state index in [1.165, 1.54) is 16.7 Å². The molecule has 1 aliphatic carbocycles. The molecule has 2 aromatic rings. The van der Waals surface area contributed by atoms with Gasteiger partial charge in [0, 0.05) is 5.02 Å². The number of benzene rings is 2. The van der Waals surface area contributed by atoms with Gasteiger partial charge in [-0.25, -0.2) is 0 Å². The molecule has 1 unspecified atom stereocenters. The third-order valence-corrected chi connectivity index (χ3v) is 3.86. The van der Waals surface area contributed by atoms with Crippen LogP contribution in [0.25, 0.3) is 11.1 Å². The van der Waals surface area contributed by atoms with Crippen LogP contribution in [0, 0.1) is 0 Å². The summed E-state index contributed by atoms with van der Waals surface area (Å²) >= 11 is 5.90. The molecule has 0 heterocycles. The van der Waals surface area contributed by atoms with Gasteiger partial charge in [0.15, 0.2) is 0 Å². The second-order valence-electron chi connectivity index (χ2n) is 4.83. The standard InChI is InChI=1S/C16H15ClO/c17-14-7-4-11(5-8-14)12-6-9-15-13(10-12)2-1-3-16(15)18/h4-10,16,18H,1-3H2. The highest BCUT2D eigenvalue weighted by atomic mass is 35.5. The highest BCUT2D eigenvalue weighted by Crippen LogP contribution is 2.32. The van der Waals surface area contributed by atoms with E-state index in [2.05, 4.69) is 18.2 Å². The predicted molar refractivity (Wildman–Crippen MR) is 74.8 cm³/mol. The lowest BCUT2D eigenvalue weighted by atomic mass is 9.87. The van der Waals surface area contributed by atoms with Gasteiger partial charge < -0.3 is 5.11 Å². The topological polar surface area (TPSA) is 20.2 Å². The minimum absolute atomic E-state index is 0.284. The van der Waals surface area contributed by atoms with Crippen molar-refractivity contribution in [3.63, 3.8) is 0 Å². The Balaban J connectivity index is 2.01. The lowest BCUT2D eigenvalue weighted by molar-refractivity contribution is 0.156. The SMILES string of the molecule is OC1CCCc2cc(-c3ccc(Cl)cc3)ccc21. The molecule has 0 saturated carbocycles. The zero-order valence-electron chi connectivity index (χ0n) is 10.1. The number of aliphatic hydroxyl groups is 1. The molecule has 0 radical (unpaired) electrons. The van der Waals surface area contributed by atoms with Crippen molar-refractivity contribution in [2.45, 2.75) is 25.4 Å². The smallest absolute Gasteiger partial charge is 0.0792 e. The highest BCUT2D eigenvalue weighted by Gasteiger charge is 2.17. The van der Waals surface area contributed by atoms with Crippen LogP contribution in [0.5, 0.6) is 0 Å². The molecule has 0 saturated heterocycles. The first-order valence-corrected chi connectivity index (χ1v) is 6.69. The van der Waals surface area contributed by atoms with Gasteiger partial charge in [-0.3, -0.25) is 0 Å². The van der Waals surface area contributed by atoms with Crippen LogP contribution in [0.4, 0.5) is 0 Å². The van der Waals surface area contributed by atoms with Crippen LogP contribution in [-0.4, -0.2) is 5.11 Å². The van der Waals surface area contributed by atoms with Crippen molar-refractivity contribution in [1.29, 1.82) is 0 Å². The molecule has 0 amide bonds. The van der Waals surface area contributed by atoms with Gasteiger partial charge in [-0.1, -0.05) is 41.9 Å². The van der Waals surface area contributed by atoms with Gasteiger partial charge in [0.05, 0.1) is 6.10 Å². The second-order valence-corrected chi connectivity index (χ2v) is 5.26. The summed E-state index contributed by atoms with van der Waals surface area (Å²) in [6, 6.07) is 14.2. The molecule has 18 heavy (non-hydrogen) atoms. The van der Waals surface area contributed by atoms with E-state index in [-0.39, 0.29) is 6.10 Å². The van der Waals surface area contributed by atoms with Crippen LogP contribution in [-0.2, 0) is 6.42 Å². The Kier molecular flexibility index (Phi) is 3.11.